The van der Waals surface area contributed by atoms with Gasteiger partial charge in [-0.25, -0.2) is 9.78 Å². The fraction of sp³-hybridized carbons (Fsp3) is 0.267. The van der Waals surface area contributed by atoms with Crippen LogP contribution in [0.5, 0.6) is 0 Å². The molecule has 2 aromatic rings. The van der Waals surface area contributed by atoms with Crippen molar-refractivity contribution in [1.29, 1.82) is 0 Å². The van der Waals surface area contributed by atoms with E-state index in [0.717, 1.165) is 12.8 Å². The molecule has 0 atom stereocenters. The number of hydrogen-bond donors (Lipinski definition) is 2. The lowest BCUT2D eigenvalue weighted by Crippen LogP contribution is -2.11. The standard InChI is InChI=1S/C15H14N2O3S/c18-14(13-7-9-3-1-2-4-12(9)21-13)17-10-5-6-11(15(19)20)16-8-10/h5-8H,1-4H2,(H,17,18)(H,19,20). The third-order valence-corrected chi connectivity index (χ3v) is 4.70. The van der Waals surface area contributed by atoms with Crippen molar-refractivity contribution in [1.82, 2.24) is 4.98 Å². The molecule has 2 heterocycles. The van der Waals surface area contributed by atoms with Crippen LogP contribution >= 0.6 is 11.3 Å². The Balaban J connectivity index is 1.73. The van der Waals surface area contributed by atoms with Gasteiger partial charge in [-0.1, -0.05) is 0 Å². The second kappa shape index (κ2) is 5.65. The fourth-order valence-electron chi connectivity index (χ4n) is 2.39. The summed E-state index contributed by atoms with van der Waals surface area (Å²) in [6.07, 6.45) is 5.84. The van der Waals surface area contributed by atoms with Crippen molar-refractivity contribution in [2.45, 2.75) is 25.7 Å². The smallest absolute Gasteiger partial charge is 0.354 e. The Morgan fingerprint density at radius 2 is 2.05 bits per heavy atom. The molecule has 0 saturated carbocycles. The Kier molecular flexibility index (Phi) is 3.70. The quantitative estimate of drug-likeness (QED) is 0.913. The van der Waals surface area contributed by atoms with Gasteiger partial charge in [0.2, 0.25) is 0 Å². The lowest BCUT2D eigenvalue weighted by atomic mass is 9.99. The van der Waals surface area contributed by atoms with Crippen LogP contribution in [0.25, 0.3) is 0 Å². The maximum Gasteiger partial charge on any atom is 0.354 e. The van der Waals surface area contributed by atoms with E-state index in [4.69, 9.17) is 5.11 Å². The first-order chi connectivity index (χ1) is 10.1. The van der Waals surface area contributed by atoms with Crippen LogP contribution in [-0.2, 0) is 12.8 Å². The summed E-state index contributed by atoms with van der Waals surface area (Å²) in [6.45, 7) is 0. The number of amides is 1. The number of rotatable bonds is 3. The van der Waals surface area contributed by atoms with Gasteiger partial charge in [0, 0.05) is 4.88 Å². The van der Waals surface area contributed by atoms with Crippen LogP contribution in [0.2, 0.25) is 0 Å². The third-order valence-electron chi connectivity index (χ3n) is 3.46. The third kappa shape index (κ3) is 2.95. The number of hydrogen-bond acceptors (Lipinski definition) is 4. The average Bonchev–Trinajstić information content (AvgIpc) is 2.92. The maximum absolute atomic E-state index is 12.2. The summed E-state index contributed by atoms with van der Waals surface area (Å²) in [5.74, 6) is -1.25. The average molecular weight is 302 g/mol. The molecule has 2 N–H and O–H groups in total. The number of carboxylic acids is 1. The molecule has 1 aliphatic rings. The molecule has 1 aliphatic carbocycles. The number of nitrogens with one attached hydrogen (secondary N) is 1. The molecule has 0 spiro atoms. The molecule has 0 unspecified atom stereocenters. The van der Waals surface area contributed by atoms with Crippen molar-refractivity contribution in [3.63, 3.8) is 0 Å². The second-order valence-electron chi connectivity index (χ2n) is 4.96. The Labute approximate surface area is 125 Å². The van der Waals surface area contributed by atoms with Gasteiger partial charge in [0.1, 0.15) is 5.69 Å². The van der Waals surface area contributed by atoms with Crippen LogP contribution in [0, 0.1) is 0 Å². The van der Waals surface area contributed by atoms with Gasteiger partial charge in [-0.2, -0.15) is 0 Å². The number of thiophene rings is 1. The molecule has 108 valence electrons. The summed E-state index contributed by atoms with van der Waals surface area (Å²) in [4.78, 5) is 28.7. The number of carbonyl (C=O) groups excluding carboxylic acids is 1. The molecule has 6 heteroatoms. The van der Waals surface area contributed by atoms with E-state index in [-0.39, 0.29) is 11.6 Å². The van der Waals surface area contributed by atoms with Gasteiger partial charge in [-0.3, -0.25) is 4.79 Å². The first-order valence-electron chi connectivity index (χ1n) is 6.76. The molecule has 0 aromatic carbocycles. The van der Waals surface area contributed by atoms with E-state index in [9.17, 15) is 9.59 Å². The normalized spacial score (nSPS) is 13.5. The number of carboxylic acid groups (broad SMARTS) is 1. The Hall–Kier alpha value is -2.21. The van der Waals surface area contributed by atoms with Gasteiger partial charge < -0.3 is 10.4 Å². The molecule has 0 fully saturated rings. The predicted molar refractivity (Wildman–Crippen MR) is 80.1 cm³/mol. The Bertz CT molecular complexity index is 668. The highest BCUT2D eigenvalue weighted by atomic mass is 32.1. The summed E-state index contributed by atoms with van der Waals surface area (Å²) in [5.41, 5.74) is 1.74. The van der Waals surface area contributed by atoms with Crippen molar-refractivity contribution in [2.24, 2.45) is 0 Å². The summed E-state index contributed by atoms with van der Waals surface area (Å²) in [6, 6.07) is 4.88. The molecule has 3 rings (SSSR count). The number of aryl methyl sites for hydroxylation is 2. The van der Waals surface area contributed by atoms with Gasteiger partial charge in [0.15, 0.2) is 0 Å². The summed E-state index contributed by atoms with van der Waals surface area (Å²) >= 11 is 1.54. The maximum atomic E-state index is 12.2. The van der Waals surface area contributed by atoms with E-state index < -0.39 is 5.97 Å². The zero-order valence-electron chi connectivity index (χ0n) is 11.3. The van der Waals surface area contributed by atoms with Gasteiger partial charge in [-0.15, -0.1) is 11.3 Å². The van der Waals surface area contributed by atoms with Crippen LogP contribution < -0.4 is 5.32 Å². The topological polar surface area (TPSA) is 79.3 Å². The second-order valence-corrected chi connectivity index (χ2v) is 6.09. The van der Waals surface area contributed by atoms with Crippen molar-refractivity contribution >= 4 is 28.9 Å². The number of aromatic nitrogens is 1. The largest absolute Gasteiger partial charge is 0.477 e. The van der Waals surface area contributed by atoms with E-state index >= 15 is 0 Å². The Morgan fingerprint density at radius 1 is 1.24 bits per heavy atom. The molecular weight excluding hydrogens is 288 g/mol. The molecule has 21 heavy (non-hydrogen) atoms. The van der Waals surface area contributed by atoms with Crippen molar-refractivity contribution in [3.8, 4) is 0 Å². The van der Waals surface area contributed by atoms with E-state index in [0.29, 0.717) is 10.6 Å². The number of anilines is 1. The van der Waals surface area contributed by atoms with Crippen molar-refractivity contribution < 1.29 is 14.7 Å². The number of fused-ring (bicyclic) bond motifs is 1. The molecule has 5 nitrogen and oxygen atoms in total. The zero-order valence-corrected chi connectivity index (χ0v) is 12.1. The number of carbonyl (C=O) groups is 2. The zero-order chi connectivity index (χ0) is 14.8. The number of pyridine rings is 1. The van der Waals surface area contributed by atoms with Gasteiger partial charge >= 0.3 is 5.97 Å². The first-order valence-corrected chi connectivity index (χ1v) is 7.57. The first kappa shape index (κ1) is 13.8. The van der Waals surface area contributed by atoms with Crippen LogP contribution in [0.15, 0.2) is 24.4 Å². The van der Waals surface area contributed by atoms with Gasteiger partial charge in [0.25, 0.3) is 5.91 Å². The van der Waals surface area contributed by atoms with E-state index in [1.807, 2.05) is 6.07 Å². The highest BCUT2D eigenvalue weighted by Crippen LogP contribution is 2.30. The lowest BCUT2D eigenvalue weighted by molar-refractivity contribution is 0.0690. The molecular formula is C15H14N2O3S. The molecule has 0 radical (unpaired) electrons. The SMILES string of the molecule is O=C(O)c1ccc(NC(=O)c2cc3c(s2)CCCC3)cn1. The molecule has 0 bridgehead atoms. The minimum Gasteiger partial charge on any atom is -0.477 e. The summed E-state index contributed by atoms with van der Waals surface area (Å²) < 4.78 is 0. The van der Waals surface area contributed by atoms with Crippen molar-refractivity contribution in [3.05, 3.63) is 45.4 Å². The minimum atomic E-state index is -1.08. The number of aromatic carboxylic acids is 1. The summed E-state index contributed by atoms with van der Waals surface area (Å²) in [5, 5.41) is 11.5. The predicted octanol–water partition coefficient (Wildman–Crippen LogP) is 2.97. The number of nitrogens with zero attached hydrogens (tertiary/aromatic N) is 1. The lowest BCUT2D eigenvalue weighted by Gasteiger charge is -2.08. The highest BCUT2D eigenvalue weighted by molar-refractivity contribution is 7.14. The van der Waals surface area contributed by atoms with Gasteiger partial charge in [-0.05, 0) is 49.4 Å². The van der Waals surface area contributed by atoms with Crippen LogP contribution in [0.1, 0.15) is 43.4 Å². The van der Waals surface area contributed by atoms with E-state index in [1.165, 1.54) is 35.5 Å². The van der Waals surface area contributed by atoms with Crippen molar-refractivity contribution in [2.75, 3.05) is 5.32 Å². The van der Waals surface area contributed by atoms with Crippen LogP contribution in [-0.4, -0.2) is 22.0 Å². The van der Waals surface area contributed by atoms with Crippen LogP contribution in [0.3, 0.4) is 0 Å². The molecule has 0 saturated heterocycles. The molecule has 2 aromatic heterocycles. The summed E-state index contributed by atoms with van der Waals surface area (Å²) in [7, 11) is 0. The van der Waals surface area contributed by atoms with E-state index in [1.54, 1.807) is 17.4 Å². The Morgan fingerprint density at radius 3 is 2.71 bits per heavy atom. The van der Waals surface area contributed by atoms with Crippen LogP contribution in [0.4, 0.5) is 5.69 Å². The molecule has 0 aliphatic heterocycles. The molecule has 1 amide bonds. The van der Waals surface area contributed by atoms with Gasteiger partial charge in [0.05, 0.1) is 16.8 Å². The highest BCUT2D eigenvalue weighted by Gasteiger charge is 2.17. The monoisotopic (exact) mass is 302 g/mol. The fourth-order valence-corrected chi connectivity index (χ4v) is 3.54. The van der Waals surface area contributed by atoms with E-state index in [2.05, 4.69) is 10.3 Å². The minimum absolute atomic E-state index is 0.0420.